The van der Waals surface area contributed by atoms with Gasteiger partial charge in [0, 0.05) is 5.02 Å². The van der Waals surface area contributed by atoms with Gasteiger partial charge in [0.15, 0.2) is 5.82 Å². The van der Waals surface area contributed by atoms with Gasteiger partial charge in [-0.1, -0.05) is 11.6 Å². The number of nitrogens with zero attached hydrogens (tertiary/aromatic N) is 2. The van der Waals surface area contributed by atoms with Crippen molar-refractivity contribution in [1.82, 2.24) is 15.2 Å². The summed E-state index contributed by atoms with van der Waals surface area (Å²) in [5, 5.41) is 17.3. The highest BCUT2D eigenvalue weighted by molar-refractivity contribution is 9.11. The average molecular weight is 576 g/mol. The molecular formula is C19H14Br2ClN3O4S. The Bertz CT molecular complexity index is 1110. The molecular weight excluding hydrogens is 562 g/mol. The van der Waals surface area contributed by atoms with Gasteiger partial charge in [0.1, 0.15) is 16.4 Å². The van der Waals surface area contributed by atoms with Crippen LogP contribution >= 0.6 is 55.2 Å². The van der Waals surface area contributed by atoms with Crippen molar-refractivity contribution in [2.45, 2.75) is 5.16 Å². The number of aliphatic carboxylic acids is 1. The lowest BCUT2D eigenvalue weighted by atomic mass is 10.2. The van der Waals surface area contributed by atoms with Crippen LogP contribution in [0.1, 0.15) is 5.56 Å². The number of hydrogen-bond acceptors (Lipinski definition) is 6. The minimum absolute atomic E-state index is 0.0441. The number of aromatic amines is 1. The quantitative estimate of drug-likeness (QED) is 0.268. The van der Waals surface area contributed by atoms with E-state index in [0.717, 1.165) is 11.8 Å². The molecule has 0 saturated heterocycles. The summed E-state index contributed by atoms with van der Waals surface area (Å²) in [7, 11) is 3.09. The Balaban J connectivity index is 1.92. The van der Waals surface area contributed by atoms with Gasteiger partial charge in [-0.2, -0.15) is 0 Å². The van der Waals surface area contributed by atoms with Crippen molar-refractivity contribution in [3.8, 4) is 22.9 Å². The van der Waals surface area contributed by atoms with Crippen LogP contribution in [-0.4, -0.2) is 40.5 Å². The van der Waals surface area contributed by atoms with Gasteiger partial charge in [-0.25, -0.2) is 9.78 Å². The highest BCUT2D eigenvalue weighted by atomic mass is 79.9. The Morgan fingerprint density at radius 3 is 2.50 bits per heavy atom. The molecule has 7 nitrogen and oxygen atoms in total. The van der Waals surface area contributed by atoms with Crippen molar-refractivity contribution in [2.24, 2.45) is 0 Å². The summed E-state index contributed by atoms with van der Waals surface area (Å²) in [6, 6.07) is 8.62. The second-order valence-corrected chi connectivity index (χ2v) is 8.90. The van der Waals surface area contributed by atoms with E-state index in [2.05, 4.69) is 47.0 Å². The van der Waals surface area contributed by atoms with Crippen molar-refractivity contribution in [2.75, 3.05) is 14.2 Å². The smallest absolute Gasteiger partial charge is 0.342 e. The van der Waals surface area contributed by atoms with Crippen LogP contribution in [0.4, 0.5) is 0 Å². The third-order valence-electron chi connectivity index (χ3n) is 3.82. The van der Waals surface area contributed by atoms with Crippen molar-refractivity contribution < 1.29 is 19.4 Å². The van der Waals surface area contributed by atoms with Gasteiger partial charge in [0.05, 0.1) is 28.7 Å². The highest BCUT2D eigenvalue weighted by Crippen LogP contribution is 2.36. The first-order valence-electron chi connectivity index (χ1n) is 8.24. The molecule has 0 radical (unpaired) electrons. The maximum absolute atomic E-state index is 11.8. The number of carbonyl (C=O) groups is 1. The van der Waals surface area contributed by atoms with Crippen molar-refractivity contribution in [1.29, 1.82) is 0 Å². The fourth-order valence-corrected chi connectivity index (χ4v) is 4.95. The number of ether oxygens (including phenoxy) is 2. The Labute approximate surface area is 198 Å². The molecule has 156 valence electrons. The maximum atomic E-state index is 11.8. The van der Waals surface area contributed by atoms with Crippen LogP contribution in [0.15, 0.2) is 49.3 Å². The molecule has 3 aromatic rings. The van der Waals surface area contributed by atoms with Crippen LogP contribution in [0.3, 0.4) is 0 Å². The molecule has 30 heavy (non-hydrogen) atoms. The summed E-state index contributed by atoms with van der Waals surface area (Å²) in [4.78, 5) is 16.2. The van der Waals surface area contributed by atoms with Crippen molar-refractivity contribution in [3.63, 3.8) is 0 Å². The number of carboxylic acid groups (broad SMARTS) is 1. The summed E-state index contributed by atoms with van der Waals surface area (Å²) in [6.45, 7) is 0. The lowest BCUT2D eigenvalue weighted by Gasteiger charge is -2.07. The second kappa shape index (κ2) is 9.86. The average Bonchev–Trinajstić information content (AvgIpc) is 3.15. The fraction of sp³-hybridized carbons (Fsp3) is 0.105. The molecule has 0 bridgehead atoms. The van der Waals surface area contributed by atoms with E-state index in [1.54, 1.807) is 37.4 Å². The Hall–Kier alpha value is -2.01. The largest absolute Gasteiger partial charge is 0.496 e. The molecule has 2 aromatic carbocycles. The lowest BCUT2D eigenvalue weighted by molar-refractivity contribution is -0.131. The van der Waals surface area contributed by atoms with E-state index in [4.69, 9.17) is 21.1 Å². The van der Waals surface area contributed by atoms with Gasteiger partial charge < -0.3 is 14.6 Å². The highest BCUT2D eigenvalue weighted by Gasteiger charge is 2.17. The zero-order chi connectivity index (χ0) is 21.8. The first kappa shape index (κ1) is 22.7. The van der Waals surface area contributed by atoms with Crippen LogP contribution in [0.2, 0.25) is 5.02 Å². The van der Waals surface area contributed by atoms with E-state index >= 15 is 0 Å². The Morgan fingerprint density at radius 2 is 1.90 bits per heavy atom. The number of halogens is 3. The van der Waals surface area contributed by atoms with Crippen LogP contribution in [0, 0.1) is 0 Å². The summed E-state index contributed by atoms with van der Waals surface area (Å²) >= 11 is 13.8. The molecule has 2 N–H and O–H groups in total. The molecule has 0 spiro atoms. The Kier molecular flexibility index (Phi) is 7.45. The third-order valence-corrected chi connectivity index (χ3v) is 6.11. The minimum Gasteiger partial charge on any atom is -0.496 e. The number of H-pyrrole nitrogens is 1. The number of carboxylic acids is 1. The normalized spacial score (nSPS) is 11.4. The summed E-state index contributed by atoms with van der Waals surface area (Å²) in [5.74, 6) is 0.492. The predicted molar refractivity (Wildman–Crippen MR) is 123 cm³/mol. The SMILES string of the molecule is COc1ccc(Cl)cc1-c1nc(S/C(=C\c2cc(Br)c(OC)c(Br)c2)C(=O)O)n[nH]1. The molecule has 0 aliphatic heterocycles. The number of benzene rings is 2. The molecule has 0 aliphatic carbocycles. The van der Waals surface area contributed by atoms with Gasteiger partial charge in [0.25, 0.3) is 0 Å². The second-order valence-electron chi connectivity index (χ2n) is 5.74. The van der Waals surface area contributed by atoms with Crippen LogP contribution in [-0.2, 0) is 4.79 Å². The summed E-state index contributed by atoms with van der Waals surface area (Å²) in [6.07, 6.45) is 1.53. The monoisotopic (exact) mass is 573 g/mol. The van der Waals surface area contributed by atoms with Gasteiger partial charge in [-0.3, -0.25) is 5.10 Å². The van der Waals surface area contributed by atoms with E-state index < -0.39 is 5.97 Å². The topological polar surface area (TPSA) is 97.3 Å². The standard InChI is InChI=1S/C19H14Br2ClN3O4S/c1-28-14-4-3-10(22)8-11(14)17-23-19(25-24-17)30-15(18(26)27)7-9-5-12(20)16(29-2)13(21)6-9/h3-8H,1-2H3,(H,26,27)(H,23,24,25)/b15-7-. The number of aromatic nitrogens is 3. The number of thioether (sulfide) groups is 1. The minimum atomic E-state index is -1.10. The summed E-state index contributed by atoms with van der Waals surface area (Å²) < 4.78 is 12.0. The molecule has 0 aliphatic rings. The van der Waals surface area contributed by atoms with E-state index in [-0.39, 0.29) is 10.1 Å². The molecule has 1 aromatic heterocycles. The maximum Gasteiger partial charge on any atom is 0.342 e. The summed E-state index contributed by atoms with van der Waals surface area (Å²) in [5.41, 5.74) is 1.28. The number of hydrogen-bond donors (Lipinski definition) is 2. The first-order chi connectivity index (χ1) is 14.3. The molecule has 0 amide bonds. The molecule has 1 heterocycles. The van der Waals surface area contributed by atoms with Crippen molar-refractivity contribution in [3.05, 3.63) is 54.8 Å². The van der Waals surface area contributed by atoms with Gasteiger partial charge in [-0.15, -0.1) is 5.10 Å². The van der Waals surface area contributed by atoms with E-state index in [9.17, 15) is 9.90 Å². The number of rotatable bonds is 7. The molecule has 0 unspecified atom stereocenters. The van der Waals surface area contributed by atoms with Crippen molar-refractivity contribution >= 4 is 67.3 Å². The van der Waals surface area contributed by atoms with E-state index in [1.807, 2.05) is 0 Å². The first-order valence-corrected chi connectivity index (χ1v) is 11.0. The fourth-order valence-electron chi connectivity index (χ4n) is 2.52. The van der Waals surface area contributed by atoms with Crippen LogP contribution < -0.4 is 9.47 Å². The number of methoxy groups -OCH3 is 2. The van der Waals surface area contributed by atoms with Gasteiger partial charge >= 0.3 is 5.97 Å². The third kappa shape index (κ3) is 5.18. The zero-order valence-electron chi connectivity index (χ0n) is 15.6. The van der Waals surface area contributed by atoms with Gasteiger partial charge in [0.2, 0.25) is 5.16 Å². The molecule has 0 atom stereocenters. The van der Waals surface area contributed by atoms with Crippen LogP contribution in [0.25, 0.3) is 17.5 Å². The zero-order valence-corrected chi connectivity index (χ0v) is 20.3. The predicted octanol–water partition coefficient (Wildman–Crippen LogP) is 5.89. The van der Waals surface area contributed by atoms with E-state index in [1.165, 1.54) is 13.2 Å². The molecule has 11 heteroatoms. The molecule has 3 rings (SSSR count). The van der Waals surface area contributed by atoms with E-state index in [0.29, 0.717) is 42.4 Å². The lowest BCUT2D eigenvalue weighted by Crippen LogP contribution is -1.97. The van der Waals surface area contributed by atoms with Gasteiger partial charge in [-0.05, 0) is 85.6 Å². The molecule has 0 fully saturated rings. The Morgan fingerprint density at radius 1 is 1.20 bits per heavy atom. The molecule has 0 saturated carbocycles. The number of nitrogens with one attached hydrogen (secondary N) is 1. The van der Waals surface area contributed by atoms with Crippen LogP contribution in [0.5, 0.6) is 11.5 Å².